The van der Waals surface area contributed by atoms with Crippen LogP contribution < -0.4 is 0 Å². The summed E-state index contributed by atoms with van der Waals surface area (Å²) in [4.78, 5) is 19.4. The number of para-hydroxylation sites is 1. The Hall–Kier alpha value is -2.79. The van der Waals surface area contributed by atoms with Crippen LogP contribution in [-0.2, 0) is 4.79 Å². The molecule has 0 unspecified atom stereocenters. The average Bonchev–Trinajstić information content (AvgIpc) is 2.87. The minimum Gasteiger partial charge on any atom is -0.508 e. The number of phenols is 1. The van der Waals surface area contributed by atoms with Crippen molar-refractivity contribution in [1.29, 1.82) is 0 Å². The molecule has 120 valence electrons. The van der Waals surface area contributed by atoms with Crippen molar-refractivity contribution < 1.29 is 9.90 Å². The molecule has 4 nitrogen and oxygen atoms in total. The molecule has 24 heavy (non-hydrogen) atoms. The molecule has 2 aromatic carbocycles. The lowest BCUT2D eigenvalue weighted by molar-refractivity contribution is -0.121. The molecule has 0 atom stereocenters. The van der Waals surface area contributed by atoms with Gasteiger partial charge in [-0.3, -0.25) is 9.69 Å². The molecular formula is C19H16N2O2S. The van der Waals surface area contributed by atoms with Gasteiger partial charge in [-0.15, -0.1) is 6.58 Å². The Morgan fingerprint density at radius 2 is 1.83 bits per heavy atom. The molecule has 1 fully saturated rings. The van der Waals surface area contributed by atoms with Crippen molar-refractivity contribution in [1.82, 2.24) is 4.90 Å². The number of amides is 1. The smallest absolute Gasteiger partial charge is 0.267 e. The molecule has 0 aromatic heterocycles. The Bertz CT molecular complexity index is 811. The van der Waals surface area contributed by atoms with Gasteiger partial charge in [0.05, 0.1) is 10.6 Å². The van der Waals surface area contributed by atoms with E-state index in [1.807, 2.05) is 30.3 Å². The standard InChI is InChI=1S/C19H16N2O2S/c1-2-12-21-18(23)17(13-14-8-10-16(22)11-9-14)24-19(21)20-15-6-4-3-5-7-15/h2-11,13,22H,1,12H2. The molecule has 2 aromatic rings. The van der Waals surface area contributed by atoms with Crippen molar-refractivity contribution in [2.45, 2.75) is 0 Å². The van der Waals surface area contributed by atoms with Gasteiger partial charge in [0.2, 0.25) is 0 Å². The molecule has 5 heteroatoms. The van der Waals surface area contributed by atoms with Gasteiger partial charge in [0.1, 0.15) is 5.75 Å². The Balaban J connectivity index is 1.93. The van der Waals surface area contributed by atoms with Crippen LogP contribution in [0.3, 0.4) is 0 Å². The van der Waals surface area contributed by atoms with Gasteiger partial charge < -0.3 is 5.11 Å². The normalized spacial score (nSPS) is 17.7. The number of aromatic hydroxyl groups is 1. The van der Waals surface area contributed by atoms with Gasteiger partial charge in [-0.05, 0) is 47.7 Å². The van der Waals surface area contributed by atoms with Crippen molar-refractivity contribution in [3.8, 4) is 5.75 Å². The van der Waals surface area contributed by atoms with Crippen molar-refractivity contribution in [2.24, 2.45) is 4.99 Å². The molecule has 1 saturated heterocycles. The maximum atomic E-state index is 12.6. The average molecular weight is 336 g/mol. The fraction of sp³-hybridized carbons (Fsp3) is 0.0526. The minimum atomic E-state index is -0.0948. The number of phenolic OH excluding ortho intramolecular Hbond substituents is 1. The zero-order valence-corrected chi connectivity index (χ0v) is 13.7. The van der Waals surface area contributed by atoms with E-state index in [1.165, 1.54) is 11.8 Å². The van der Waals surface area contributed by atoms with E-state index in [0.717, 1.165) is 11.3 Å². The first-order chi connectivity index (χ1) is 11.7. The summed E-state index contributed by atoms with van der Waals surface area (Å²) < 4.78 is 0. The summed E-state index contributed by atoms with van der Waals surface area (Å²) in [5, 5.41) is 9.99. The van der Waals surface area contributed by atoms with Gasteiger partial charge in [0.15, 0.2) is 5.17 Å². The highest BCUT2D eigenvalue weighted by Crippen LogP contribution is 2.34. The Kier molecular flexibility index (Phi) is 4.82. The number of aliphatic imine (C=N–C) groups is 1. The maximum Gasteiger partial charge on any atom is 0.267 e. The lowest BCUT2D eigenvalue weighted by atomic mass is 10.2. The third-order valence-corrected chi connectivity index (χ3v) is 4.38. The van der Waals surface area contributed by atoms with E-state index in [4.69, 9.17) is 0 Å². The topological polar surface area (TPSA) is 52.9 Å². The molecule has 3 rings (SSSR count). The maximum absolute atomic E-state index is 12.6. The Labute approximate surface area is 144 Å². The summed E-state index contributed by atoms with van der Waals surface area (Å²) >= 11 is 1.34. The van der Waals surface area contributed by atoms with Gasteiger partial charge in [-0.25, -0.2) is 4.99 Å². The largest absolute Gasteiger partial charge is 0.508 e. The number of rotatable bonds is 4. The number of hydrogen-bond acceptors (Lipinski definition) is 4. The molecule has 0 aliphatic carbocycles. The molecule has 0 radical (unpaired) electrons. The van der Waals surface area contributed by atoms with Gasteiger partial charge >= 0.3 is 0 Å². The summed E-state index contributed by atoms with van der Waals surface area (Å²) in [7, 11) is 0. The summed E-state index contributed by atoms with van der Waals surface area (Å²) in [5.74, 6) is 0.102. The second-order valence-electron chi connectivity index (χ2n) is 5.14. The number of carbonyl (C=O) groups excluding carboxylic acids is 1. The highest BCUT2D eigenvalue weighted by atomic mass is 32.2. The van der Waals surface area contributed by atoms with E-state index in [1.54, 1.807) is 41.3 Å². The predicted molar refractivity (Wildman–Crippen MR) is 99.1 cm³/mol. The number of hydrogen-bond donors (Lipinski definition) is 1. The second kappa shape index (κ2) is 7.19. The van der Waals surface area contributed by atoms with Crippen molar-refractivity contribution in [3.63, 3.8) is 0 Å². The molecule has 1 aliphatic rings. The predicted octanol–water partition coefficient (Wildman–Crippen LogP) is 4.18. The van der Waals surface area contributed by atoms with E-state index >= 15 is 0 Å². The Morgan fingerprint density at radius 1 is 1.12 bits per heavy atom. The number of carbonyl (C=O) groups is 1. The number of thioether (sulfide) groups is 1. The van der Waals surface area contributed by atoms with Crippen LogP contribution in [0.4, 0.5) is 5.69 Å². The molecule has 0 bridgehead atoms. The highest BCUT2D eigenvalue weighted by Gasteiger charge is 2.32. The van der Waals surface area contributed by atoms with E-state index in [-0.39, 0.29) is 11.7 Å². The SMILES string of the molecule is C=CCN1C(=O)C(=Cc2ccc(O)cc2)SC1=Nc1ccccc1. The quantitative estimate of drug-likeness (QED) is 0.673. The third-order valence-electron chi connectivity index (χ3n) is 3.37. The van der Waals surface area contributed by atoms with Crippen LogP contribution in [0.1, 0.15) is 5.56 Å². The van der Waals surface area contributed by atoms with E-state index < -0.39 is 0 Å². The summed E-state index contributed by atoms with van der Waals surface area (Å²) in [6.07, 6.45) is 3.48. The van der Waals surface area contributed by atoms with Gasteiger partial charge in [0, 0.05) is 6.54 Å². The van der Waals surface area contributed by atoms with Crippen LogP contribution in [-0.4, -0.2) is 27.6 Å². The van der Waals surface area contributed by atoms with Crippen molar-refractivity contribution in [2.75, 3.05) is 6.54 Å². The van der Waals surface area contributed by atoms with E-state index in [9.17, 15) is 9.90 Å². The zero-order chi connectivity index (χ0) is 16.9. The molecule has 1 heterocycles. The number of nitrogens with zero attached hydrogens (tertiary/aromatic N) is 2. The van der Waals surface area contributed by atoms with Crippen LogP contribution in [0.2, 0.25) is 0 Å². The summed E-state index contributed by atoms with van der Waals surface area (Å²) in [5.41, 5.74) is 1.65. The molecule has 0 saturated carbocycles. The molecule has 1 aliphatic heterocycles. The minimum absolute atomic E-state index is 0.0948. The first-order valence-corrected chi connectivity index (χ1v) is 8.24. The van der Waals surface area contributed by atoms with Crippen LogP contribution in [0.25, 0.3) is 6.08 Å². The monoisotopic (exact) mass is 336 g/mol. The van der Waals surface area contributed by atoms with E-state index in [2.05, 4.69) is 11.6 Å². The molecule has 1 N–H and O–H groups in total. The molecule has 0 spiro atoms. The fourth-order valence-corrected chi connectivity index (χ4v) is 3.22. The lowest BCUT2D eigenvalue weighted by Gasteiger charge is -2.12. The molecular weight excluding hydrogens is 320 g/mol. The zero-order valence-electron chi connectivity index (χ0n) is 12.9. The lowest BCUT2D eigenvalue weighted by Crippen LogP contribution is -2.29. The fourth-order valence-electron chi connectivity index (χ4n) is 2.22. The second-order valence-corrected chi connectivity index (χ2v) is 6.15. The third kappa shape index (κ3) is 3.58. The van der Waals surface area contributed by atoms with Crippen LogP contribution in [0, 0.1) is 0 Å². The van der Waals surface area contributed by atoms with Crippen molar-refractivity contribution in [3.05, 3.63) is 77.7 Å². The Morgan fingerprint density at radius 3 is 2.50 bits per heavy atom. The van der Waals surface area contributed by atoms with E-state index in [0.29, 0.717) is 16.6 Å². The molecule has 1 amide bonds. The first-order valence-electron chi connectivity index (χ1n) is 7.42. The summed E-state index contributed by atoms with van der Waals surface area (Å²) in [6, 6.07) is 16.2. The van der Waals surface area contributed by atoms with Gasteiger partial charge in [-0.1, -0.05) is 36.4 Å². The summed E-state index contributed by atoms with van der Waals surface area (Å²) in [6.45, 7) is 4.12. The van der Waals surface area contributed by atoms with Crippen LogP contribution in [0.15, 0.2) is 77.1 Å². The van der Waals surface area contributed by atoms with Crippen molar-refractivity contribution >= 4 is 34.6 Å². The number of amidine groups is 1. The van der Waals surface area contributed by atoms with Gasteiger partial charge in [-0.2, -0.15) is 0 Å². The highest BCUT2D eigenvalue weighted by molar-refractivity contribution is 8.18. The van der Waals surface area contributed by atoms with Gasteiger partial charge in [0.25, 0.3) is 5.91 Å². The van der Waals surface area contributed by atoms with Crippen LogP contribution >= 0.6 is 11.8 Å². The van der Waals surface area contributed by atoms with Crippen LogP contribution in [0.5, 0.6) is 5.75 Å². The number of benzene rings is 2. The first kappa shape index (κ1) is 16.1.